The molecule has 0 bridgehead atoms. The van der Waals surface area contributed by atoms with Crippen LogP contribution in [0, 0.1) is 0 Å². The molecule has 0 amide bonds. The van der Waals surface area contributed by atoms with E-state index in [9.17, 15) is 16.8 Å². The minimum Gasteiger partial charge on any atom is -0.307 e. The van der Waals surface area contributed by atoms with Crippen molar-refractivity contribution in [2.75, 3.05) is 18.2 Å². The Morgan fingerprint density at radius 2 is 1.90 bits per heavy atom. The summed E-state index contributed by atoms with van der Waals surface area (Å²) in [6.07, 6.45) is 2.39. The van der Waals surface area contributed by atoms with Crippen LogP contribution >= 0.6 is 0 Å². The number of rotatable bonds is 7. The largest absolute Gasteiger partial charge is 0.307 e. The van der Waals surface area contributed by atoms with Crippen LogP contribution in [-0.2, 0) is 20.0 Å². The van der Waals surface area contributed by atoms with Gasteiger partial charge in [0.25, 0.3) is 0 Å². The molecule has 0 saturated heterocycles. The van der Waals surface area contributed by atoms with Crippen molar-refractivity contribution in [1.82, 2.24) is 14.4 Å². The molecule has 1 rings (SSSR count). The molecule has 1 heterocycles. The number of hydrogen-bond acceptors (Lipinski definition) is 7. The molecular formula is C10H19N5O4S2. The molecule has 0 aliphatic rings. The van der Waals surface area contributed by atoms with E-state index < -0.39 is 25.6 Å². The summed E-state index contributed by atoms with van der Waals surface area (Å²) in [4.78, 5) is 3.68. The van der Waals surface area contributed by atoms with Gasteiger partial charge in [0, 0.05) is 18.3 Å². The van der Waals surface area contributed by atoms with Crippen molar-refractivity contribution in [3.05, 3.63) is 18.3 Å². The van der Waals surface area contributed by atoms with Crippen LogP contribution in [0.1, 0.15) is 13.8 Å². The van der Waals surface area contributed by atoms with Crippen LogP contribution in [0.4, 0.5) is 5.82 Å². The number of nitrogens with one attached hydrogen (secondary N) is 3. The molecule has 0 aliphatic carbocycles. The molecular weight excluding hydrogens is 318 g/mol. The number of anilines is 1. The van der Waals surface area contributed by atoms with Gasteiger partial charge in [0.1, 0.15) is 4.90 Å². The molecule has 1 aromatic heterocycles. The minimum atomic E-state index is -3.88. The summed E-state index contributed by atoms with van der Waals surface area (Å²) in [5.74, 6) is 5.22. The Bertz CT molecular complexity index is 700. The van der Waals surface area contributed by atoms with Crippen LogP contribution < -0.4 is 20.7 Å². The first-order valence-corrected chi connectivity index (χ1v) is 9.24. The Morgan fingerprint density at radius 3 is 2.43 bits per heavy atom. The van der Waals surface area contributed by atoms with Gasteiger partial charge in [0.2, 0.25) is 20.0 Å². The van der Waals surface area contributed by atoms with E-state index in [0.717, 1.165) is 6.26 Å². The SMILES string of the molecule is CC(C)(CNS(=O)(=O)c1cccnc1NN)NS(C)(=O)=O. The summed E-state index contributed by atoms with van der Waals surface area (Å²) in [7, 11) is -7.34. The fourth-order valence-electron chi connectivity index (χ4n) is 1.61. The zero-order valence-electron chi connectivity index (χ0n) is 11.9. The molecule has 0 aliphatic heterocycles. The van der Waals surface area contributed by atoms with Gasteiger partial charge < -0.3 is 5.43 Å². The number of hydrazine groups is 1. The van der Waals surface area contributed by atoms with Crippen molar-refractivity contribution in [1.29, 1.82) is 0 Å². The number of nitrogens with two attached hydrogens (primary N) is 1. The molecule has 11 heteroatoms. The lowest BCUT2D eigenvalue weighted by Crippen LogP contribution is -2.51. The van der Waals surface area contributed by atoms with Crippen molar-refractivity contribution < 1.29 is 16.8 Å². The maximum absolute atomic E-state index is 12.2. The lowest BCUT2D eigenvalue weighted by molar-refractivity contribution is 0.446. The highest BCUT2D eigenvalue weighted by Crippen LogP contribution is 2.17. The lowest BCUT2D eigenvalue weighted by atomic mass is 10.1. The Morgan fingerprint density at radius 1 is 1.29 bits per heavy atom. The minimum absolute atomic E-state index is 0.00104. The number of pyridine rings is 1. The van der Waals surface area contributed by atoms with Gasteiger partial charge in [-0.15, -0.1) is 0 Å². The third-order valence-electron chi connectivity index (χ3n) is 2.36. The van der Waals surface area contributed by atoms with Crippen molar-refractivity contribution in [2.24, 2.45) is 5.84 Å². The zero-order chi connectivity index (χ0) is 16.3. The summed E-state index contributed by atoms with van der Waals surface area (Å²) in [5.41, 5.74) is 1.21. The summed E-state index contributed by atoms with van der Waals surface area (Å²) in [5, 5.41) is 0. The van der Waals surface area contributed by atoms with E-state index in [0.29, 0.717) is 0 Å². The highest BCUT2D eigenvalue weighted by Gasteiger charge is 2.26. The van der Waals surface area contributed by atoms with E-state index in [1.54, 1.807) is 13.8 Å². The number of nitrogen functional groups attached to an aromatic ring is 1. The van der Waals surface area contributed by atoms with Crippen LogP contribution in [0.3, 0.4) is 0 Å². The van der Waals surface area contributed by atoms with Crippen LogP contribution in [-0.4, -0.2) is 40.2 Å². The van der Waals surface area contributed by atoms with Crippen molar-refractivity contribution in [2.45, 2.75) is 24.3 Å². The summed E-state index contributed by atoms with van der Waals surface area (Å²) in [6.45, 7) is 2.98. The molecule has 0 aromatic carbocycles. The number of nitrogens with zero attached hydrogens (tertiary/aromatic N) is 1. The monoisotopic (exact) mass is 337 g/mol. The standard InChI is InChI=1S/C10H19N5O4S2/c1-10(2,15-20(3,16)17)7-13-21(18,19)8-5-4-6-12-9(8)14-11/h4-6,13,15H,7,11H2,1-3H3,(H,12,14). The van der Waals surface area contributed by atoms with Crippen molar-refractivity contribution >= 4 is 25.9 Å². The van der Waals surface area contributed by atoms with Crippen LogP contribution in [0.5, 0.6) is 0 Å². The molecule has 5 N–H and O–H groups in total. The van der Waals surface area contributed by atoms with E-state index in [2.05, 4.69) is 19.9 Å². The molecule has 21 heavy (non-hydrogen) atoms. The van der Waals surface area contributed by atoms with Gasteiger partial charge in [-0.25, -0.2) is 37.1 Å². The molecule has 9 nitrogen and oxygen atoms in total. The van der Waals surface area contributed by atoms with E-state index >= 15 is 0 Å². The predicted octanol–water partition coefficient (Wildman–Crippen LogP) is -1.03. The van der Waals surface area contributed by atoms with Crippen LogP contribution in [0.2, 0.25) is 0 Å². The molecule has 0 spiro atoms. The highest BCUT2D eigenvalue weighted by molar-refractivity contribution is 7.89. The zero-order valence-corrected chi connectivity index (χ0v) is 13.5. The first-order valence-electron chi connectivity index (χ1n) is 5.87. The fraction of sp³-hybridized carbons (Fsp3) is 0.500. The maximum Gasteiger partial charge on any atom is 0.244 e. The molecule has 120 valence electrons. The van der Waals surface area contributed by atoms with Crippen molar-refractivity contribution in [3.8, 4) is 0 Å². The second kappa shape index (κ2) is 6.23. The van der Waals surface area contributed by atoms with Gasteiger partial charge in [-0.2, -0.15) is 0 Å². The van der Waals surface area contributed by atoms with Gasteiger partial charge >= 0.3 is 0 Å². The highest BCUT2D eigenvalue weighted by atomic mass is 32.2. The summed E-state index contributed by atoms with van der Waals surface area (Å²) < 4.78 is 51.5. The van der Waals surface area contributed by atoms with Crippen LogP contribution in [0.25, 0.3) is 0 Å². The predicted molar refractivity (Wildman–Crippen MR) is 79.3 cm³/mol. The normalized spacial score (nSPS) is 13.1. The first kappa shape index (κ1) is 17.8. The molecule has 0 unspecified atom stereocenters. The molecule has 1 aromatic rings. The molecule has 0 fully saturated rings. The maximum atomic E-state index is 12.2. The third-order valence-corrected chi connectivity index (χ3v) is 4.72. The van der Waals surface area contributed by atoms with E-state index in [-0.39, 0.29) is 17.3 Å². The second-order valence-corrected chi connectivity index (χ2v) is 8.56. The number of sulfonamides is 2. The van der Waals surface area contributed by atoms with Crippen molar-refractivity contribution in [3.63, 3.8) is 0 Å². The number of aromatic nitrogens is 1. The first-order chi connectivity index (χ1) is 9.47. The Kier molecular flexibility index (Phi) is 5.28. The van der Waals surface area contributed by atoms with Gasteiger partial charge in [-0.3, -0.25) is 0 Å². The lowest BCUT2D eigenvalue weighted by Gasteiger charge is -2.25. The summed E-state index contributed by atoms with van der Waals surface area (Å²) in [6, 6.07) is 2.79. The molecule has 0 saturated carbocycles. The molecule has 0 atom stereocenters. The second-order valence-electron chi connectivity index (χ2n) is 5.08. The third kappa shape index (κ3) is 5.55. The topological polar surface area (TPSA) is 143 Å². The quantitative estimate of drug-likeness (QED) is 0.368. The van der Waals surface area contributed by atoms with Gasteiger partial charge in [0.15, 0.2) is 5.82 Å². The molecule has 0 radical (unpaired) electrons. The van der Waals surface area contributed by atoms with E-state index in [4.69, 9.17) is 5.84 Å². The van der Waals surface area contributed by atoms with E-state index in [1.165, 1.54) is 18.3 Å². The Labute approximate surface area is 124 Å². The van der Waals surface area contributed by atoms with E-state index in [1.807, 2.05) is 0 Å². The van der Waals surface area contributed by atoms with Crippen LogP contribution in [0.15, 0.2) is 23.2 Å². The Balaban J connectivity index is 2.92. The van der Waals surface area contributed by atoms with Gasteiger partial charge in [0.05, 0.1) is 6.26 Å². The fourth-order valence-corrected chi connectivity index (χ4v) is 4.01. The van der Waals surface area contributed by atoms with Gasteiger partial charge in [-0.1, -0.05) is 0 Å². The smallest absolute Gasteiger partial charge is 0.244 e. The number of hydrogen-bond donors (Lipinski definition) is 4. The summed E-state index contributed by atoms with van der Waals surface area (Å²) >= 11 is 0. The van der Waals surface area contributed by atoms with Gasteiger partial charge in [-0.05, 0) is 26.0 Å². The average molecular weight is 337 g/mol. The Hall–Kier alpha value is -1.27. The average Bonchev–Trinajstić information content (AvgIpc) is 2.34.